The molecule has 0 radical (unpaired) electrons. The van der Waals surface area contributed by atoms with Crippen LogP contribution in [0.15, 0.2) is 66.7 Å². The molecule has 0 saturated carbocycles. The first-order valence-corrected chi connectivity index (χ1v) is 9.56. The van der Waals surface area contributed by atoms with Gasteiger partial charge in [0.25, 0.3) is 11.8 Å². The van der Waals surface area contributed by atoms with Crippen molar-refractivity contribution in [3.8, 4) is 5.75 Å². The maximum atomic E-state index is 12.5. The Morgan fingerprint density at radius 1 is 0.839 bits per heavy atom. The number of aromatic carboxylic acids is 1. The molecule has 7 nitrogen and oxygen atoms in total. The third-order valence-corrected chi connectivity index (χ3v) is 4.50. The summed E-state index contributed by atoms with van der Waals surface area (Å²) in [5, 5.41) is 14.3. The van der Waals surface area contributed by atoms with Gasteiger partial charge in [-0.2, -0.15) is 0 Å². The number of benzene rings is 3. The van der Waals surface area contributed by atoms with Crippen LogP contribution in [0.5, 0.6) is 5.75 Å². The maximum absolute atomic E-state index is 12.5. The van der Waals surface area contributed by atoms with Crippen molar-refractivity contribution in [3.63, 3.8) is 0 Å². The zero-order valence-electron chi connectivity index (χ0n) is 17.1. The number of hydrogen-bond acceptors (Lipinski definition) is 4. The molecule has 0 fully saturated rings. The van der Waals surface area contributed by atoms with E-state index in [0.717, 1.165) is 11.1 Å². The number of carbonyl (C=O) groups is 3. The summed E-state index contributed by atoms with van der Waals surface area (Å²) >= 11 is 0. The molecule has 2 amide bonds. The number of aryl methyl sites for hydroxylation is 2. The number of anilines is 2. The van der Waals surface area contributed by atoms with Crippen LogP contribution in [-0.2, 0) is 4.79 Å². The number of nitrogens with one attached hydrogen (secondary N) is 2. The standard InChI is InChI=1S/C24H22N2O5/c1-15-6-7-16(2)21(12-15)31-14-22(27)25-20-5-3-4-18(13-20)23(28)26-19-10-8-17(9-11-19)24(29)30/h3-13H,14H2,1-2H3,(H,25,27)(H,26,28)(H,29,30). The number of ether oxygens (including phenoxy) is 1. The molecule has 0 unspecified atom stereocenters. The molecule has 0 saturated heterocycles. The average molecular weight is 418 g/mol. The Hall–Kier alpha value is -4.13. The van der Waals surface area contributed by atoms with Gasteiger partial charge in [-0.3, -0.25) is 9.59 Å². The van der Waals surface area contributed by atoms with Gasteiger partial charge in [0, 0.05) is 16.9 Å². The van der Waals surface area contributed by atoms with E-state index in [1.807, 2.05) is 32.0 Å². The van der Waals surface area contributed by atoms with E-state index in [1.165, 1.54) is 24.3 Å². The van der Waals surface area contributed by atoms with E-state index in [0.29, 0.717) is 22.7 Å². The molecule has 0 aliphatic heterocycles. The third kappa shape index (κ3) is 5.93. The maximum Gasteiger partial charge on any atom is 0.335 e. The lowest BCUT2D eigenvalue weighted by atomic mass is 10.1. The second-order valence-corrected chi connectivity index (χ2v) is 7.02. The van der Waals surface area contributed by atoms with E-state index in [2.05, 4.69) is 10.6 Å². The normalized spacial score (nSPS) is 10.3. The fourth-order valence-corrected chi connectivity index (χ4v) is 2.84. The lowest BCUT2D eigenvalue weighted by Crippen LogP contribution is -2.21. The summed E-state index contributed by atoms with van der Waals surface area (Å²) in [5.41, 5.74) is 3.38. The number of carboxylic acids is 1. The second-order valence-electron chi connectivity index (χ2n) is 7.02. The number of amides is 2. The monoisotopic (exact) mass is 418 g/mol. The first kappa shape index (κ1) is 21.6. The third-order valence-electron chi connectivity index (χ3n) is 4.50. The number of hydrogen-bond donors (Lipinski definition) is 3. The molecule has 0 spiro atoms. The Morgan fingerprint density at radius 2 is 1.58 bits per heavy atom. The highest BCUT2D eigenvalue weighted by Crippen LogP contribution is 2.19. The van der Waals surface area contributed by atoms with Crippen molar-refractivity contribution in [1.29, 1.82) is 0 Å². The molecule has 0 aliphatic rings. The van der Waals surface area contributed by atoms with Gasteiger partial charge in [0.2, 0.25) is 0 Å². The van der Waals surface area contributed by atoms with E-state index in [4.69, 9.17) is 9.84 Å². The van der Waals surface area contributed by atoms with E-state index in [-0.39, 0.29) is 24.0 Å². The number of rotatable bonds is 7. The predicted octanol–water partition coefficient (Wildman–Crippen LogP) is 4.27. The molecule has 158 valence electrons. The topological polar surface area (TPSA) is 105 Å². The Labute approximate surface area is 179 Å². The van der Waals surface area contributed by atoms with Gasteiger partial charge >= 0.3 is 5.97 Å². The summed E-state index contributed by atoms with van der Waals surface area (Å²) in [6.07, 6.45) is 0. The van der Waals surface area contributed by atoms with E-state index < -0.39 is 5.97 Å². The van der Waals surface area contributed by atoms with Crippen molar-refractivity contribution in [2.75, 3.05) is 17.2 Å². The van der Waals surface area contributed by atoms with Crippen molar-refractivity contribution >= 4 is 29.2 Å². The van der Waals surface area contributed by atoms with Gasteiger partial charge in [0.05, 0.1) is 5.56 Å². The summed E-state index contributed by atoms with van der Waals surface area (Å²) in [6.45, 7) is 3.70. The van der Waals surface area contributed by atoms with Crippen LogP contribution < -0.4 is 15.4 Å². The predicted molar refractivity (Wildman–Crippen MR) is 118 cm³/mol. The Bertz CT molecular complexity index is 1120. The fraction of sp³-hybridized carbons (Fsp3) is 0.125. The molecule has 31 heavy (non-hydrogen) atoms. The van der Waals surface area contributed by atoms with E-state index >= 15 is 0 Å². The van der Waals surface area contributed by atoms with Crippen LogP contribution >= 0.6 is 0 Å². The quantitative estimate of drug-likeness (QED) is 0.531. The molecular formula is C24H22N2O5. The first-order chi connectivity index (χ1) is 14.8. The fourth-order valence-electron chi connectivity index (χ4n) is 2.84. The van der Waals surface area contributed by atoms with Crippen LogP contribution in [0.4, 0.5) is 11.4 Å². The summed E-state index contributed by atoms with van der Waals surface area (Å²) in [5.74, 6) is -1.12. The van der Waals surface area contributed by atoms with Crippen LogP contribution in [0, 0.1) is 13.8 Å². The molecule has 7 heteroatoms. The molecule has 0 bridgehead atoms. The van der Waals surface area contributed by atoms with E-state index in [9.17, 15) is 14.4 Å². The molecule has 0 heterocycles. The van der Waals surface area contributed by atoms with Gasteiger partial charge in [-0.1, -0.05) is 18.2 Å². The lowest BCUT2D eigenvalue weighted by molar-refractivity contribution is -0.118. The Morgan fingerprint density at radius 3 is 2.29 bits per heavy atom. The Balaban J connectivity index is 1.60. The average Bonchev–Trinajstić information content (AvgIpc) is 2.75. The van der Waals surface area contributed by atoms with Crippen LogP contribution in [0.1, 0.15) is 31.8 Å². The number of carbonyl (C=O) groups excluding carboxylic acids is 2. The zero-order valence-corrected chi connectivity index (χ0v) is 17.1. The molecule has 3 rings (SSSR count). The molecule has 3 N–H and O–H groups in total. The highest BCUT2D eigenvalue weighted by Gasteiger charge is 2.10. The summed E-state index contributed by atoms with van der Waals surface area (Å²) in [6, 6.07) is 18.1. The minimum absolute atomic E-state index is 0.130. The van der Waals surface area contributed by atoms with Crippen LogP contribution in [0.2, 0.25) is 0 Å². The van der Waals surface area contributed by atoms with Crippen LogP contribution in [0.3, 0.4) is 0 Å². The Kier molecular flexibility index (Phi) is 6.67. The summed E-state index contributed by atoms with van der Waals surface area (Å²) in [7, 11) is 0. The van der Waals surface area contributed by atoms with Gasteiger partial charge in [0.1, 0.15) is 5.75 Å². The van der Waals surface area contributed by atoms with Crippen LogP contribution in [0.25, 0.3) is 0 Å². The van der Waals surface area contributed by atoms with Gasteiger partial charge in [-0.25, -0.2) is 4.79 Å². The molecular weight excluding hydrogens is 396 g/mol. The van der Waals surface area contributed by atoms with Crippen molar-refractivity contribution in [2.45, 2.75) is 13.8 Å². The minimum Gasteiger partial charge on any atom is -0.483 e. The second kappa shape index (κ2) is 9.58. The zero-order chi connectivity index (χ0) is 22.4. The highest BCUT2D eigenvalue weighted by molar-refractivity contribution is 6.05. The van der Waals surface area contributed by atoms with E-state index in [1.54, 1.807) is 24.3 Å². The summed E-state index contributed by atoms with van der Waals surface area (Å²) in [4.78, 5) is 35.7. The highest BCUT2D eigenvalue weighted by atomic mass is 16.5. The van der Waals surface area contributed by atoms with Crippen molar-refractivity contribution < 1.29 is 24.2 Å². The molecule has 3 aromatic rings. The smallest absolute Gasteiger partial charge is 0.335 e. The largest absolute Gasteiger partial charge is 0.483 e. The molecule has 0 atom stereocenters. The van der Waals surface area contributed by atoms with Crippen molar-refractivity contribution in [1.82, 2.24) is 0 Å². The van der Waals surface area contributed by atoms with Gasteiger partial charge in [-0.15, -0.1) is 0 Å². The van der Waals surface area contributed by atoms with Gasteiger partial charge in [0.15, 0.2) is 6.61 Å². The molecule has 0 aromatic heterocycles. The molecule has 3 aromatic carbocycles. The molecule has 0 aliphatic carbocycles. The van der Waals surface area contributed by atoms with Gasteiger partial charge < -0.3 is 20.5 Å². The lowest BCUT2D eigenvalue weighted by Gasteiger charge is -2.11. The van der Waals surface area contributed by atoms with Crippen molar-refractivity contribution in [3.05, 3.63) is 89.0 Å². The van der Waals surface area contributed by atoms with Crippen molar-refractivity contribution in [2.24, 2.45) is 0 Å². The van der Waals surface area contributed by atoms with Gasteiger partial charge in [-0.05, 0) is 73.5 Å². The SMILES string of the molecule is Cc1ccc(C)c(OCC(=O)Nc2cccc(C(=O)Nc3ccc(C(=O)O)cc3)c2)c1. The summed E-state index contributed by atoms with van der Waals surface area (Å²) < 4.78 is 5.60. The number of carboxylic acid groups (broad SMARTS) is 1. The minimum atomic E-state index is -1.04. The first-order valence-electron chi connectivity index (χ1n) is 9.56. The van der Waals surface area contributed by atoms with Crippen LogP contribution in [-0.4, -0.2) is 29.5 Å².